The van der Waals surface area contributed by atoms with Gasteiger partial charge in [0.15, 0.2) is 4.34 Å². The van der Waals surface area contributed by atoms with E-state index in [1.807, 2.05) is 23.1 Å². The average molecular weight is 488 g/mol. The maximum Gasteiger partial charge on any atom is 0.256 e. The van der Waals surface area contributed by atoms with Crippen molar-refractivity contribution in [2.45, 2.75) is 29.9 Å². The van der Waals surface area contributed by atoms with Gasteiger partial charge in [0.2, 0.25) is 0 Å². The van der Waals surface area contributed by atoms with E-state index in [0.29, 0.717) is 16.8 Å². The van der Waals surface area contributed by atoms with Gasteiger partial charge >= 0.3 is 0 Å². The van der Waals surface area contributed by atoms with Crippen LogP contribution in [-0.2, 0) is 5.75 Å². The highest BCUT2D eigenvalue weighted by Gasteiger charge is 2.24. The predicted molar refractivity (Wildman–Crippen MR) is 140 cm³/mol. The van der Waals surface area contributed by atoms with Gasteiger partial charge in [-0.2, -0.15) is 0 Å². The summed E-state index contributed by atoms with van der Waals surface area (Å²) >= 11 is 3.34. The summed E-state index contributed by atoms with van der Waals surface area (Å²) in [6.07, 6.45) is 2.03. The number of nitrogens with zero attached hydrogens (tertiary/aromatic N) is 2. The Morgan fingerprint density at radius 1 is 1.00 bits per heavy atom. The van der Waals surface area contributed by atoms with Crippen LogP contribution in [0.5, 0.6) is 0 Å². The third-order valence-electron chi connectivity index (χ3n) is 5.87. The summed E-state index contributed by atoms with van der Waals surface area (Å²) in [5.74, 6) is 0.518. The summed E-state index contributed by atoms with van der Waals surface area (Å²) in [6.45, 7) is 3.60. The van der Waals surface area contributed by atoms with E-state index >= 15 is 0 Å². The maximum absolute atomic E-state index is 13.1. The van der Waals surface area contributed by atoms with E-state index in [-0.39, 0.29) is 11.8 Å². The number of aromatic nitrogens is 1. The molecule has 0 spiro atoms. The van der Waals surface area contributed by atoms with Crippen LogP contribution in [0.15, 0.2) is 71.1 Å². The van der Waals surface area contributed by atoms with Crippen LogP contribution in [-0.4, -0.2) is 34.8 Å². The van der Waals surface area contributed by atoms with E-state index in [9.17, 15) is 9.59 Å². The molecule has 0 bridgehead atoms. The molecule has 0 radical (unpaired) electrons. The van der Waals surface area contributed by atoms with Gasteiger partial charge < -0.3 is 10.2 Å². The van der Waals surface area contributed by atoms with Gasteiger partial charge in [0, 0.05) is 24.5 Å². The van der Waals surface area contributed by atoms with Crippen molar-refractivity contribution in [3.05, 3.63) is 89.0 Å². The van der Waals surface area contributed by atoms with Crippen molar-refractivity contribution < 1.29 is 9.59 Å². The van der Waals surface area contributed by atoms with Gasteiger partial charge in [-0.1, -0.05) is 53.7 Å². The maximum atomic E-state index is 13.1. The SMILES string of the molecule is Cc1cccc(CSc2nc3ccc(NC(=O)c4ccccc4C(=O)N4CCCC4)cc3s2)c1. The minimum Gasteiger partial charge on any atom is -0.339 e. The molecule has 1 N–H and O–H groups in total. The quantitative estimate of drug-likeness (QED) is 0.320. The number of hydrogen-bond donors (Lipinski definition) is 1. The van der Waals surface area contributed by atoms with Gasteiger partial charge in [0.1, 0.15) is 0 Å². The molecule has 1 saturated heterocycles. The Labute approximate surface area is 207 Å². The molecule has 0 aliphatic carbocycles. The average Bonchev–Trinajstić information content (AvgIpc) is 3.52. The second-order valence-corrected chi connectivity index (χ2v) is 10.7. The normalized spacial score (nSPS) is 13.4. The lowest BCUT2D eigenvalue weighted by Gasteiger charge is -2.17. The molecular formula is C27H25N3O2S2. The Bertz CT molecular complexity index is 1360. The fraction of sp³-hybridized carbons (Fsp3) is 0.222. The van der Waals surface area contributed by atoms with Crippen LogP contribution in [0.4, 0.5) is 5.69 Å². The number of carbonyl (C=O) groups is 2. The minimum atomic E-state index is -0.277. The molecule has 2 heterocycles. The topological polar surface area (TPSA) is 62.3 Å². The molecule has 3 aromatic carbocycles. The largest absolute Gasteiger partial charge is 0.339 e. The van der Waals surface area contributed by atoms with Crippen LogP contribution < -0.4 is 5.32 Å². The third-order valence-corrected chi connectivity index (χ3v) is 8.10. The van der Waals surface area contributed by atoms with Crippen molar-refractivity contribution in [1.82, 2.24) is 9.88 Å². The first-order valence-corrected chi connectivity index (χ1v) is 13.2. The number of aryl methyl sites for hydroxylation is 1. The third kappa shape index (κ3) is 5.00. The smallest absolute Gasteiger partial charge is 0.256 e. The molecule has 34 heavy (non-hydrogen) atoms. The summed E-state index contributed by atoms with van der Waals surface area (Å²) in [6, 6.07) is 21.3. The van der Waals surface area contributed by atoms with Crippen molar-refractivity contribution in [2.24, 2.45) is 0 Å². The van der Waals surface area contributed by atoms with Crippen molar-refractivity contribution >= 4 is 50.8 Å². The number of amides is 2. The Hall–Kier alpha value is -3.16. The molecule has 0 atom stereocenters. The lowest BCUT2D eigenvalue weighted by Crippen LogP contribution is -2.29. The molecule has 5 rings (SSSR count). The number of rotatable bonds is 6. The number of anilines is 1. The van der Waals surface area contributed by atoms with Crippen LogP contribution in [0.1, 0.15) is 44.7 Å². The van der Waals surface area contributed by atoms with Crippen LogP contribution >= 0.6 is 23.1 Å². The Morgan fingerprint density at radius 2 is 1.79 bits per heavy atom. The highest BCUT2D eigenvalue weighted by molar-refractivity contribution is 8.00. The van der Waals surface area contributed by atoms with Gasteiger partial charge in [0.25, 0.3) is 11.8 Å². The van der Waals surface area contributed by atoms with Gasteiger partial charge in [-0.25, -0.2) is 4.98 Å². The Morgan fingerprint density at radius 3 is 2.59 bits per heavy atom. The summed E-state index contributed by atoms with van der Waals surface area (Å²) < 4.78 is 2.02. The number of likely N-dealkylation sites (tertiary alicyclic amines) is 1. The number of thioether (sulfide) groups is 1. The number of fused-ring (bicyclic) bond motifs is 1. The molecule has 172 valence electrons. The zero-order valence-electron chi connectivity index (χ0n) is 18.9. The Balaban J connectivity index is 1.30. The first-order valence-electron chi connectivity index (χ1n) is 11.4. The number of thiazole rings is 1. The molecule has 1 aromatic heterocycles. The van der Waals surface area contributed by atoms with Crippen molar-refractivity contribution in [3.63, 3.8) is 0 Å². The van der Waals surface area contributed by atoms with Gasteiger partial charge in [-0.3, -0.25) is 9.59 Å². The predicted octanol–water partition coefficient (Wildman–Crippen LogP) is 6.39. The van der Waals surface area contributed by atoms with Gasteiger partial charge in [-0.15, -0.1) is 11.3 Å². The first-order chi connectivity index (χ1) is 16.6. The van der Waals surface area contributed by atoms with E-state index in [0.717, 1.165) is 46.2 Å². The van der Waals surface area contributed by atoms with Crippen LogP contribution in [0.25, 0.3) is 10.2 Å². The lowest BCUT2D eigenvalue weighted by molar-refractivity contribution is 0.0787. The fourth-order valence-corrected chi connectivity index (χ4v) is 6.20. The van der Waals surface area contributed by atoms with Crippen molar-refractivity contribution in [2.75, 3.05) is 18.4 Å². The van der Waals surface area contributed by atoms with Crippen LogP contribution in [0, 0.1) is 6.92 Å². The van der Waals surface area contributed by atoms with E-state index in [1.54, 1.807) is 47.4 Å². The second-order valence-electron chi connectivity index (χ2n) is 8.44. The molecule has 7 heteroatoms. The molecule has 0 unspecified atom stereocenters. The number of carbonyl (C=O) groups excluding carboxylic acids is 2. The van der Waals surface area contributed by atoms with Crippen LogP contribution in [0.2, 0.25) is 0 Å². The van der Waals surface area contributed by atoms with Crippen LogP contribution in [0.3, 0.4) is 0 Å². The van der Waals surface area contributed by atoms with E-state index in [1.165, 1.54) is 11.1 Å². The fourth-order valence-electron chi connectivity index (χ4n) is 4.15. The number of nitrogens with one attached hydrogen (secondary N) is 1. The molecule has 4 aromatic rings. The summed E-state index contributed by atoms with van der Waals surface area (Å²) in [7, 11) is 0. The van der Waals surface area contributed by atoms with Gasteiger partial charge in [-0.05, 0) is 55.7 Å². The zero-order chi connectivity index (χ0) is 23.5. The van der Waals surface area contributed by atoms with E-state index in [4.69, 9.17) is 4.98 Å². The monoisotopic (exact) mass is 487 g/mol. The lowest BCUT2D eigenvalue weighted by atomic mass is 10.1. The summed E-state index contributed by atoms with van der Waals surface area (Å²) in [5, 5.41) is 2.97. The summed E-state index contributed by atoms with van der Waals surface area (Å²) in [5.41, 5.74) is 5.00. The first kappa shape index (κ1) is 22.6. The number of benzene rings is 3. The molecule has 1 aliphatic rings. The molecular weight excluding hydrogens is 462 g/mol. The van der Waals surface area contributed by atoms with Gasteiger partial charge in [0.05, 0.1) is 21.3 Å². The molecule has 0 saturated carbocycles. The molecule has 2 amide bonds. The number of hydrogen-bond acceptors (Lipinski definition) is 5. The molecule has 1 fully saturated rings. The standard InChI is InChI=1S/C27H25N3O2S2/c1-18-7-6-8-19(15-18)17-33-27-29-23-12-11-20(16-24(23)34-27)28-25(31)21-9-2-3-10-22(21)26(32)30-13-4-5-14-30/h2-3,6-12,15-16H,4-5,13-14,17H2,1H3,(H,28,31). The molecule has 1 aliphatic heterocycles. The highest BCUT2D eigenvalue weighted by atomic mass is 32.2. The highest BCUT2D eigenvalue weighted by Crippen LogP contribution is 2.33. The van der Waals surface area contributed by atoms with Crippen molar-refractivity contribution in [1.29, 1.82) is 0 Å². The Kier molecular flexibility index (Phi) is 6.65. The van der Waals surface area contributed by atoms with E-state index in [2.05, 4.69) is 36.5 Å². The van der Waals surface area contributed by atoms with E-state index < -0.39 is 0 Å². The summed E-state index contributed by atoms with van der Waals surface area (Å²) in [4.78, 5) is 32.6. The minimum absolute atomic E-state index is 0.0727. The molecule has 5 nitrogen and oxygen atoms in total. The van der Waals surface area contributed by atoms with Crippen molar-refractivity contribution in [3.8, 4) is 0 Å². The zero-order valence-corrected chi connectivity index (χ0v) is 20.5. The second kappa shape index (κ2) is 9.99.